The molecule has 0 atom stereocenters. The van der Waals surface area contributed by atoms with E-state index in [1.54, 1.807) is 0 Å². The highest BCUT2D eigenvalue weighted by molar-refractivity contribution is 6.66. The van der Waals surface area contributed by atoms with E-state index in [0.717, 1.165) is 12.5 Å². The van der Waals surface area contributed by atoms with Gasteiger partial charge in [0.2, 0.25) is 0 Å². The van der Waals surface area contributed by atoms with E-state index in [1.165, 1.54) is 0 Å². The van der Waals surface area contributed by atoms with Crippen molar-refractivity contribution >= 4 is 19.5 Å². The van der Waals surface area contributed by atoms with Crippen LogP contribution in [0.2, 0.25) is 12.6 Å². The van der Waals surface area contributed by atoms with E-state index in [9.17, 15) is 0 Å². The molecular formula is C8H24O3Si2. The third kappa shape index (κ3) is 7.39. The third-order valence-corrected chi connectivity index (χ3v) is 4.75. The number of aliphatic hydroxyl groups excluding tert-OH is 1. The van der Waals surface area contributed by atoms with Crippen LogP contribution in [0.4, 0.5) is 0 Å². The van der Waals surface area contributed by atoms with E-state index < -0.39 is 8.56 Å². The van der Waals surface area contributed by atoms with Gasteiger partial charge >= 0.3 is 8.56 Å². The van der Waals surface area contributed by atoms with E-state index in [1.807, 2.05) is 13.8 Å². The van der Waals surface area contributed by atoms with Gasteiger partial charge in [0.05, 0.1) is 0 Å². The van der Waals surface area contributed by atoms with Gasteiger partial charge < -0.3 is 14.0 Å². The zero-order valence-electron chi connectivity index (χ0n) is 8.30. The predicted molar refractivity (Wildman–Crippen MR) is 62.7 cm³/mol. The zero-order chi connectivity index (χ0) is 9.45. The van der Waals surface area contributed by atoms with Crippen LogP contribution < -0.4 is 0 Å². The first kappa shape index (κ1) is 15.8. The van der Waals surface area contributed by atoms with Gasteiger partial charge in [-0.05, 0) is 43.8 Å². The van der Waals surface area contributed by atoms with Crippen molar-refractivity contribution in [3.8, 4) is 0 Å². The molecule has 0 unspecified atom stereocenters. The minimum Gasteiger partial charge on any atom is -0.396 e. The van der Waals surface area contributed by atoms with Crippen LogP contribution in [0.15, 0.2) is 0 Å². The molecule has 1 N–H and O–H groups in total. The Balaban J connectivity index is 0. The van der Waals surface area contributed by atoms with Gasteiger partial charge in [-0.2, -0.15) is 0 Å². The number of hydrogen-bond acceptors (Lipinski definition) is 3. The van der Waals surface area contributed by atoms with E-state index >= 15 is 0 Å². The monoisotopic (exact) mass is 224 g/mol. The lowest BCUT2D eigenvalue weighted by molar-refractivity contribution is 0.184. The van der Waals surface area contributed by atoms with Gasteiger partial charge in [-0.3, -0.25) is 0 Å². The van der Waals surface area contributed by atoms with Crippen LogP contribution >= 0.6 is 0 Å². The lowest BCUT2D eigenvalue weighted by Gasteiger charge is -2.25. The van der Waals surface area contributed by atoms with Gasteiger partial charge in [-0.25, -0.2) is 0 Å². The molecule has 0 aliphatic heterocycles. The molecule has 0 spiro atoms. The van der Waals surface area contributed by atoms with E-state index in [2.05, 4.69) is 6.55 Å². The first-order valence-corrected chi connectivity index (χ1v) is 7.09. The smallest absolute Gasteiger partial charge is 0.334 e. The van der Waals surface area contributed by atoms with Gasteiger partial charge in [-0.1, -0.05) is 0 Å². The summed E-state index contributed by atoms with van der Waals surface area (Å²) < 4.78 is 11.2. The summed E-state index contributed by atoms with van der Waals surface area (Å²) in [4.78, 5) is 0. The lowest BCUT2D eigenvalue weighted by Crippen LogP contribution is -2.38. The Labute approximate surface area is 86.7 Å². The highest BCUT2D eigenvalue weighted by Gasteiger charge is 2.29. The van der Waals surface area contributed by atoms with Crippen LogP contribution in [0.25, 0.3) is 0 Å². The zero-order valence-corrected chi connectivity index (χ0v) is 9.30. The Bertz CT molecular complexity index is 106. The molecule has 0 aliphatic carbocycles. The molecule has 0 aromatic carbocycles. The minimum absolute atomic E-state index is 0. The van der Waals surface area contributed by atoms with Crippen molar-refractivity contribution < 1.29 is 14.0 Å². The van der Waals surface area contributed by atoms with E-state index in [4.69, 9.17) is 14.0 Å². The van der Waals surface area contributed by atoms with Gasteiger partial charge in [0.1, 0.15) is 0 Å². The summed E-state index contributed by atoms with van der Waals surface area (Å²) in [5.41, 5.74) is 0. The summed E-state index contributed by atoms with van der Waals surface area (Å²) in [5.74, 6) is 0. The van der Waals surface area contributed by atoms with Crippen LogP contribution in [-0.4, -0.2) is 44.5 Å². The van der Waals surface area contributed by atoms with Crippen LogP contribution in [0.5, 0.6) is 0 Å². The Kier molecular flexibility index (Phi) is 10.8. The fourth-order valence-electron chi connectivity index (χ4n) is 1.20. The SMILES string of the molecule is CCO[Si](C)(CCCO)OCC.[SiH4]. The molecule has 13 heavy (non-hydrogen) atoms. The summed E-state index contributed by atoms with van der Waals surface area (Å²) in [7, 11) is -1.93. The summed E-state index contributed by atoms with van der Waals surface area (Å²) in [6.07, 6.45) is 0.780. The molecule has 0 heterocycles. The Hall–Kier alpha value is 0.314. The molecular weight excluding hydrogens is 200 g/mol. The highest BCUT2D eigenvalue weighted by Crippen LogP contribution is 2.15. The topological polar surface area (TPSA) is 38.7 Å². The Morgan fingerprint density at radius 1 is 1.15 bits per heavy atom. The Morgan fingerprint density at radius 3 is 1.92 bits per heavy atom. The van der Waals surface area contributed by atoms with Crippen LogP contribution in [0.1, 0.15) is 20.3 Å². The van der Waals surface area contributed by atoms with Gasteiger partial charge in [-0.15, -0.1) is 0 Å². The molecule has 0 bridgehead atoms. The van der Waals surface area contributed by atoms with Crippen molar-refractivity contribution in [2.75, 3.05) is 19.8 Å². The van der Waals surface area contributed by atoms with Crippen LogP contribution in [-0.2, 0) is 8.85 Å². The quantitative estimate of drug-likeness (QED) is 0.622. The molecule has 0 aliphatic rings. The molecule has 3 nitrogen and oxygen atoms in total. The number of aliphatic hydroxyl groups is 1. The first-order chi connectivity index (χ1) is 5.68. The molecule has 82 valence electrons. The van der Waals surface area contributed by atoms with Crippen LogP contribution in [0.3, 0.4) is 0 Å². The predicted octanol–water partition coefficient (Wildman–Crippen LogP) is 0.0622. The van der Waals surface area contributed by atoms with Crippen molar-refractivity contribution in [1.29, 1.82) is 0 Å². The summed E-state index contributed by atoms with van der Waals surface area (Å²) in [6.45, 7) is 7.63. The fraction of sp³-hybridized carbons (Fsp3) is 1.00. The second-order valence-electron chi connectivity index (χ2n) is 2.83. The normalized spacial score (nSPS) is 11.1. The molecule has 0 radical (unpaired) electrons. The molecule has 0 rings (SSSR count). The molecule has 5 heteroatoms. The third-order valence-electron chi connectivity index (χ3n) is 1.69. The van der Waals surface area contributed by atoms with Crippen molar-refractivity contribution in [3.05, 3.63) is 0 Å². The lowest BCUT2D eigenvalue weighted by atomic mass is 10.5. The second-order valence-corrected chi connectivity index (χ2v) is 6.17. The van der Waals surface area contributed by atoms with Crippen molar-refractivity contribution in [3.63, 3.8) is 0 Å². The number of hydrogen-bond donors (Lipinski definition) is 1. The summed E-state index contributed by atoms with van der Waals surface area (Å²) >= 11 is 0. The molecule has 0 fully saturated rings. The molecule has 0 saturated heterocycles. The molecule has 0 saturated carbocycles. The standard InChI is InChI=1S/C8H20O3Si.H4Si/c1-4-10-12(3,11-5-2)8-6-7-9;/h9H,4-8H2,1-3H3;1H4. The van der Waals surface area contributed by atoms with Gasteiger partial charge in [0.15, 0.2) is 0 Å². The van der Waals surface area contributed by atoms with Crippen molar-refractivity contribution in [2.45, 2.75) is 32.9 Å². The van der Waals surface area contributed by atoms with Crippen molar-refractivity contribution in [2.24, 2.45) is 0 Å². The second kappa shape index (κ2) is 8.89. The number of rotatable bonds is 7. The van der Waals surface area contributed by atoms with Crippen LogP contribution in [0, 0.1) is 0 Å². The Morgan fingerprint density at radius 2 is 1.62 bits per heavy atom. The minimum atomic E-state index is -1.93. The fourth-order valence-corrected chi connectivity index (χ4v) is 3.59. The maximum atomic E-state index is 8.68. The van der Waals surface area contributed by atoms with Gasteiger partial charge in [0, 0.05) is 19.8 Å². The largest absolute Gasteiger partial charge is 0.396 e. The van der Waals surface area contributed by atoms with E-state index in [-0.39, 0.29) is 17.6 Å². The van der Waals surface area contributed by atoms with E-state index in [0.29, 0.717) is 13.2 Å². The first-order valence-electron chi connectivity index (χ1n) is 4.57. The van der Waals surface area contributed by atoms with Crippen molar-refractivity contribution in [1.82, 2.24) is 0 Å². The average Bonchev–Trinajstić information content (AvgIpc) is 2.02. The maximum Gasteiger partial charge on any atom is 0.334 e. The average molecular weight is 224 g/mol. The summed E-state index contributed by atoms with van der Waals surface area (Å²) in [6, 6.07) is 0.880. The molecule has 0 aromatic heterocycles. The maximum absolute atomic E-state index is 8.68. The highest BCUT2D eigenvalue weighted by atomic mass is 28.4. The van der Waals surface area contributed by atoms with Gasteiger partial charge in [0.25, 0.3) is 0 Å². The summed E-state index contributed by atoms with van der Waals surface area (Å²) in [5, 5.41) is 8.68. The molecule has 0 aromatic rings. The molecule has 0 amide bonds.